The number of rotatable bonds is 6. The molecule has 8 nitrogen and oxygen atoms in total. The van der Waals surface area contributed by atoms with Gasteiger partial charge in [0.1, 0.15) is 23.6 Å². The number of aromatic nitrogens is 3. The van der Waals surface area contributed by atoms with Gasteiger partial charge >= 0.3 is 0 Å². The second-order valence-electron chi connectivity index (χ2n) is 5.38. The Hall–Kier alpha value is -3.55. The Bertz CT molecular complexity index is 892. The van der Waals surface area contributed by atoms with Crippen LogP contribution in [0.25, 0.3) is 5.82 Å². The van der Waals surface area contributed by atoms with Crippen LogP contribution in [0, 0.1) is 0 Å². The van der Waals surface area contributed by atoms with Crippen molar-refractivity contribution in [3.63, 3.8) is 0 Å². The minimum absolute atomic E-state index is 0.276. The van der Waals surface area contributed by atoms with Crippen LogP contribution >= 0.6 is 0 Å². The number of ether oxygens (including phenoxy) is 2. The molecule has 0 saturated carbocycles. The van der Waals surface area contributed by atoms with E-state index in [1.807, 2.05) is 29.0 Å². The van der Waals surface area contributed by atoms with Crippen molar-refractivity contribution in [1.82, 2.24) is 14.5 Å². The fourth-order valence-corrected chi connectivity index (χ4v) is 2.36. The highest BCUT2D eigenvalue weighted by Gasteiger charge is 2.06. The van der Waals surface area contributed by atoms with Crippen LogP contribution in [0.5, 0.6) is 11.5 Å². The SMILES string of the molecule is COc1ccc(OC)c(NC(N)=NCc2ccnc(-n3ccnc3)c2)c1. The van der Waals surface area contributed by atoms with Crippen molar-refractivity contribution >= 4 is 11.6 Å². The van der Waals surface area contributed by atoms with Crippen molar-refractivity contribution in [3.8, 4) is 17.3 Å². The number of benzene rings is 1. The number of hydrogen-bond donors (Lipinski definition) is 2. The Morgan fingerprint density at radius 1 is 1.19 bits per heavy atom. The lowest BCUT2D eigenvalue weighted by atomic mass is 10.2. The standard InChI is InChI=1S/C18H20N6O2/c1-25-14-3-4-16(26-2)15(10-14)23-18(19)22-11-13-5-6-21-17(9-13)24-8-7-20-12-24/h3-10,12H,11H2,1-2H3,(H3,19,22,23). The molecule has 0 aliphatic carbocycles. The fourth-order valence-electron chi connectivity index (χ4n) is 2.36. The van der Waals surface area contributed by atoms with Crippen molar-refractivity contribution in [2.24, 2.45) is 10.7 Å². The second kappa shape index (κ2) is 8.02. The molecular formula is C18H20N6O2. The minimum Gasteiger partial charge on any atom is -0.497 e. The van der Waals surface area contributed by atoms with Crippen LogP contribution in [0.15, 0.2) is 60.2 Å². The Morgan fingerprint density at radius 3 is 2.81 bits per heavy atom. The van der Waals surface area contributed by atoms with Crippen LogP contribution in [-0.2, 0) is 6.54 Å². The molecule has 2 aromatic heterocycles. The highest BCUT2D eigenvalue weighted by molar-refractivity contribution is 5.94. The summed E-state index contributed by atoms with van der Waals surface area (Å²) in [4.78, 5) is 12.7. The molecule has 0 bridgehead atoms. The van der Waals surface area contributed by atoms with Gasteiger partial charge in [0.05, 0.1) is 26.5 Å². The molecule has 8 heteroatoms. The summed E-state index contributed by atoms with van der Waals surface area (Å²) < 4.78 is 12.4. The van der Waals surface area contributed by atoms with Crippen molar-refractivity contribution in [2.45, 2.75) is 6.54 Å². The molecule has 1 aromatic carbocycles. The molecule has 26 heavy (non-hydrogen) atoms. The summed E-state index contributed by atoms with van der Waals surface area (Å²) in [5, 5.41) is 3.04. The summed E-state index contributed by atoms with van der Waals surface area (Å²) in [6.45, 7) is 0.412. The van der Waals surface area contributed by atoms with Gasteiger partial charge in [0.15, 0.2) is 5.96 Å². The molecule has 0 aliphatic rings. The summed E-state index contributed by atoms with van der Waals surface area (Å²) >= 11 is 0. The van der Waals surface area contributed by atoms with E-state index in [1.54, 1.807) is 45.1 Å². The maximum Gasteiger partial charge on any atom is 0.193 e. The lowest BCUT2D eigenvalue weighted by Crippen LogP contribution is -2.23. The van der Waals surface area contributed by atoms with Gasteiger partial charge in [-0.15, -0.1) is 0 Å². The maximum absolute atomic E-state index is 6.01. The number of nitrogens with zero attached hydrogens (tertiary/aromatic N) is 4. The molecule has 3 rings (SSSR count). The van der Waals surface area contributed by atoms with Crippen molar-refractivity contribution in [3.05, 3.63) is 60.8 Å². The monoisotopic (exact) mass is 352 g/mol. The topological polar surface area (TPSA) is 99.6 Å². The normalized spacial score (nSPS) is 11.2. The Morgan fingerprint density at radius 2 is 2.08 bits per heavy atom. The van der Waals surface area contributed by atoms with Crippen molar-refractivity contribution in [1.29, 1.82) is 0 Å². The predicted octanol–water partition coefficient (Wildman–Crippen LogP) is 2.21. The summed E-state index contributed by atoms with van der Waals surface area (Å²) in [6.07, 6.45) is 6.96. The Balaban J connectivity index is 1.72. The third-order valence-corrected chi connectivity index (χ3v) is 3.68. The van der Waals surface area contributed by atoms with E-state index in [9.17, 15) is 0 Å². The van der Waals surface area contributed by atoms with Crippen molar-refractivity contribution in [2.75, 3.05) is 19.5 Å². The summed E-state index contributed by atoms with van der Waals surface area (Å²) in [5.41, 5.74) is 7.67. The average Bonchev–Trinajstić information content (AvgIpc) is 3.21. The van der Waals surface area contributed by atoms with Crippen LogP contribution in [0.1, 0.15) is 5.56 Å². The third-order valence-electron chi connectivity index (χ3n) is 3.68. The van der Waals surface area contributed by atoms with Crippen LogP contribution in [0.2, 0.25) is 0 Å². The van der Waals surface area contributed by atoms with Gasteiger partial charge in [-0.3, -0.25) is 4.57 Å². The summed E-state index contributed by atoms with van der Waals surface area (Å²) in [7, 11) is 3.19. The lowest BCUT2D eigenvalue weighted by Gasteiger charge is -2.12. The van der Waals surface area contributed by atoms with Gasteiger partial charge in [-0.2, -0.15) is 0 Å². The van der Waals surface area contributed by atoms with E-state index < -0.39 is 0 Å². The van der Waals surface area contributed by atoms with Crippen molar-refractivity contribution < 1.29 is 9.47 Å². The van der Waals surface area contributed by atoms with E-state index in [0.29, 0.717) is 23.7 Å². The number of nitrogens with two attached hydrogens (primary N) is 1. The third kappa shape index (κ3) is 4.10. The molecule has 3 N–H and O–H groups in total. The number of pyridine rings is 1. The molecule has 0 spiro atoms. The summed E-state index contributed by atoms with van der Waals surface area (Å²) in [5.74, 6) is 2.39. The number of imidazole rings is 1. The van der Waals surface area contributed by atoms with E-state index in [-0.39, 0.29) is 5.96 Å². The Labute approximate surface area is 151 Å². The molecule has 0 unspecified atom stereocenters. The largest absolute Gasteiger partial charge is 0.497 e. The van der Waals surface area contributed by atoms with E-state index in [0.717, 1.165) is 11.4 Å². The highest BCUT2D eigenvalue weighted by Crippen LogP contribution is 2.28. The first-order chi connectivity index (χ1) is 12.7. The molecule has 0 amide bonds. The average molecular weight is 352 g/mol. The predicted molar refractivity (Wildman–Crippen MR) is 99.9 cm³/mol. The van der Waals surface area contributed by atoms with E-state index in [2.05, 4.69) is 20.3 Å². The van der Waals surface area contributed by atoms with Gasteiger partial charge in [0.2, 0.25) is 0 Å². The van der Waals surface area contributed by atoms with Crippen LogP contribution in [0.4, 0.5) is 5.69 Å². The zero-order chi connectivity index (χ0) is 18.4. The molecular weight excluding hydrogens is 332 g/mol. The molecule has 3 aromatic rings. The van der Waals surface area contributed by atoms with E-state index >= 15 is 0 Å². The van der Waals surface area contributed by atoms with Gasteiger partial charge in [-0.25, -0.2) is 15.0 Å². The number of hydrogen-bond acceptors (Lipinski definition) is 5. The smallest absolute Gasteiger partial charge is 0.193 e. The number of anilines is 1. The Kier molecular flexibility index (Phi) is 5.33. The fraction of sp³-hybridized carbons (Fsp3) is 0.167. The second-order valence-corrected chi connectivity index (χ2v) is 5.38. The van der Waals surface area contributed by atoms with Gasteiger partial charge < -0.3 is 20.5 Å². The molecule has 0 saturated heterocycles. The van der Waals surface area contributed by atoms with Crippen LogP contribution in [-0.4, -0.2) is 34.7 Å². The first-order valence-electron chi connectivity index (χ1n) is 7.92. The molecule has 134 valence electrons. The molecule has 2 heterocycles. The number of aliphatic imine (C=N–C) groups is 1. The van der Waals surface area contributed by atoms with Gasteiger partial charge in [-0.05, 0) is 29.8 Å². The van der Waals surface area contributed by atoms with Crippen LogP contribution < -0.4 is 20.5 Å². The quantitative estimate of drug-likeness (QED) is 0.521. The number of nitrogens with one attached hydrogen (secondary N) is 1. The molecule has 0 radical (unpaired) electrons. The van der Waals surface area contributed by atoms with E-state index in [4.69, 9.17) is 15.2 Å². The molecule has 0 aliphatic heterocycles. The first kappa shape index (κ1) is 17.3. The van der Waals surface area contributed by atoms with Gasteiger partial charge in [0, 0.05) is 24.7 Å². The van der Waals surface area contributed by atoms with E-state index in [1.165, 1.54) is 0 Å². The van der Waals surface area contributed by atoms with Crippen LogP contribution in [0.3, 0.4) is 0 Å². The lowest BCUT2D eigenvalue weighted by molar-refractivity contribution is 0.405. The number of methoxy groups -OCH3 is 2. The zero-order valence-electron chi connectivity index (χ0n) is 14.6. The first-order valence-corrected chi connectivity index (χ1v) is 7.92. The number of guanidine groups is 1. The minimum atomic E-state index is 0.276. The molecule has 0 atom stereocenters. The zero-order valence-corrected chi connectivity index (χ0v) is 14.6. The maximum atomic E-state index is 6.01. The van der Waals surface area contributed by atoms with Gasteiger partial charge in [-0.1, -0.05) is 0 Å². The highest BCUT2D eigenvalue weighted by atomic mass is 16.5. The molecule has 0 fully saturated rings. The summed E-state index contributed by atoms with van der Waals surface area (Å²) in [6, 6.07) is 9.24. The van der Waals surface area contributed by atoms with Gasteiger partial charge in [0.25, 0.3) is 0 Å².